The first-order valence-corrected chi connectivity index (χ1v) is 6.75. The van der Waals surface area contributed by atoms with Gasteiger partial charge in [-0.05, 0) is 24.5 Å². The minimum Gasteiger partial charge on any atom is -0.384 e. The summed E-state index contributed by atoms with van der Waals surface area (Å²) in [6, 6.07) is 7.31. The lowest BCUT2D eigenvalue weighted by Gasteiger charge is -2.25. The van der Waals surface area contributed by atoms with Gasteiger partial charge in [0.05, 0.1) is 5.69 Å². The summed E-state index contributed by atoms with van der Waals surface area (Å²) in [6.07, 6.45) is 0. The molecule has 2 N–H and O–H groups in total. The molecule has 4 nitrogen and oxygen atoms in total. The van der Waals surface area contributed by atoms with E-state index in [1.165, 1.54) is 11.5 Å². The molecule has 6 heteroatoms. The van der Waals surface area contributed by atoms with Crippen molar-refractivity contribution in [2.24, 2.45) is 0 Å². The van der Waals surface area contributed by atoms with Crippen LogP contribution in [0, 0.1) is 0 Å². The van der Waals surface area contributed by atoms with E-state index < -0.39 is 5.60 Å². The zero-order valence-electron chi connectivity index (χ0n) is 9.93. The van der Waals surface area contributed by atoms with Crippen LogP contribution in [0.1, 0.15) is 18.2 Å². The Bertz CT molecular complexity index is 502. The van der Waals surface area contributed by atoms with Crippen LogP contribution in [0.2, 0.25) is 5.02 Å². The molecular formula is C12H14ClN3OS. The minimum absolute atomic E-state index is 0.397. The van der Waals surface area contributed by atoms with Gasteiger partial charge >= 0.3 is 0 Å². The molecule has 2 aromatic rings. The van der Waals surface area contributed by atoms with E-state index in [1.807, 2.05) is 23.6 Å². The Hall–Kier alpha value is -1.01. The number of nitrogens with zero attached hydrogens (tertiary/aromatic N) is 2. The lowest BCUT2D eigenvalue weighted by Crippen LogP contribution is -2.35. The second-order valence-electron chi connectivity index (χ2n) is 4.25. The van der Waals surface area contributed by atoms with Gasteiger partial charge in [-0.3, -0.25) is 0 Å². The Labute approximate surface area is 115 Å². The van der Waals surface area contributed by atoms with Crippen molar-refractivity contribution >= 4 is 23.1 Å². The van der Waals surface area contributed by atoms with Crippen LogP contribution < -0.4 is 5.32 Å². The number of nitrogens with one attached hydrogen (secondary N) is 1. The van der Waals surface area contributed by atoms with Crippen LogP contribution >= 0.6 is 23.1 Å². The van der Waals surface area contributed by atoms with Crippen molar-refractivity contribution in [3.8, 4) is 0 Å². The lowest BCUT2D eigenvalue weighted by atomic mass is 9.96. The van der Waals surface area contributed by atoms with E-state index in [0.29, 0.717) is 18.1 Å². The molecule has 0 aliphatic rings. The van der Waals surface area contributed by atoms with Crippen molar-refractivity contribution in [3.05, 3.63) is 45.9 Å². The summed E-state index contributed by atoms with van der Waals surface area (Å²) in [6.45, 7) is 2.71. The van der Waals surface area contributed by atoms with E-state index in [0.717, 1.165) is 11.3 Å². The quantitative estimate of drug-likeness (QED) is 0.883. The highest BCUT2D eigenvalue weighted by Gasteiger charge is 2.24. The number of aliphatic hydroxyl groups is 1. The van der Waals surface area contributed by atoms with Crippen LogP contribution in [0.3, 0.4) is 0 Å². The molecule has 0 spiro atoms. The van der Waals surface area contributed by atoms with Crippen molar-refractivity contribution < 1.29 is 5.11 Å². The molecule has 0 radical (unpaired) electrons. The molecule has 0 unspecified atom stereocenters. The van der Waals surface area contributed by atoms with Crippen molar-refractivity contribution in [2.45, 2.75) is 19.1 Å². The van der Waals surface area contributed by atoms with E-state index in [2.05, 4.69) is 14.9 Å². The molecule has 0 amide bonds. The molecule has 18 heavy (non-hydrogen) atoms. The van der Waals surface area contributed by atoms with Crippen molar-refractivity contribution in [2.75, 3.05) is 6.54 Å². The zero-order chi connectivity index (χ0) is 13.0. The van der Waals surface area contributed by atoms with Gasteiger partial charge in [-0.2, -0.15) is 0 Å². The average molecular weight is 284 g/mol. The summed E-state index contributed by atoms with van der Waals surface area (Å²) in [5.41, 5.74) is 0.576. The van der Waals surface area contributed by atoms with Crippen LogP contribution in [0.4, 0.5) is 0 Å². The van der Waals surface area contributed by atoms with Crippen LogP contribution in [0.5, 0.6) is 0 Å². The maximum Gasteiger partial charge on any atom is 0.101 e. The van der Waals surface area contributed by atoms with Gasteiger partial charge in [-0.25, -0.2) is 0 Å². The number of halogens is 1. The monoisotopic (exact) mass is 283 g/mol. The van der Waals surface area contributed by atoms with Crippen molar-refractivity contribution in [1.29, 1.82) is 0 Å². The fourth-order valence-corrected chi connectivity index (χ4v) is 2.48. The molecule has 0 fully saturated rings. The number of benzene rings is 1. The van der Waals surface area contributed by atoms with Gasteiger partial charge in [0.1, 0.15) is 5.60 Å². The summed E-state index contributed by atoms with van der Waals surface area (Å²) in [4.78, 5) is 0. The molecule has 1 aromatic heterocycles. The fourth-order valence-electron chi connectivity index (χ4n) is 1.69. The highest BCUT2D eigenvalue weighted by Crippen LogP contribution is 2.27. The normalized spacial score (nSPS) is 14.4. The van der Waals surface area contributed by atoms with Gasteiger partial charge in [-0.1, -0.05) is 34.3 Å². The largest absolute Gasteiger partial charge is 0.384 e. The van der Waals surface area contributed by atoms with E-state index >= 15 is 0 Å². The van der Waals surface area contributed by atoms with Gasteiger partial charge in [-0.15, -0.1) is 5.10 Å². The number of hydrogen-bond donors (Lipinski definition) is 2. The number of hydrogen-bond acceptors (Lipinski definition) is 5. The maximum atomic E-state index is 10.4. The Balaban J connectivity index is 1.97. The topological polar surface area (TPSA) is 58.0 Å². The summed E-state index contributed by atoms with van der Waals surface area (Å²) in [5.74, 6) is 0. The highest BCUT2D eigenvalue weighted by atomic mass is 35.5. The van der Waals surface area contributed by atoms with Crippen LogP contribution in [0.15, 0.2) is 29.6 Å². The summed E-state index contributed by atoms with van der Waals surface area (Å²) < 4.78 is 3.78. The van der Waals surface area contributed by atoms with Crippen molar-refractivity contribution in [1.82, 2.24) is 14.9 Å². The maximum absolute atomic E-state index is 10.4. The Morgan fingerprint density at radius 3 is 2.89 bits per heavy atom. The van der Waals surface area contributed by atoms with Crippen molar-refractivity contribution in [3.63, 3.8) is 0 Å². The first kappa shape index (κ1) is 13.4. The van der Waals surface area contributed by atoms with E-state index in [-0.39, 0.29) is 0 Å². The Morgan fingerprint density at radius 2 is 2.22 bits per heavy atom. The highest BCUT2D eigenvalue weighted by molar-refractivity contribution is 7.03. The third-order valence-electron chi connectivity index (χ3n) is 2.63. The Morgan fingerprint density at radius 1 is 1.44 bits per heavy atom. The summed E-state index contributed by atoms with van der Waals surface area (Å²) in [5, 5.41) is 19.9. The molecule has 2 rings (SSSR count). The number of aromatic nitrogens is 2. The van der Waals surface area contributed by atoms with Crippen LogP contribution in [-0.2, 0) is 12.1 Å². The summed E-state index contributed by atoms with van der Waals surface area (Å²) >= 11 is 7.39. The van der Waals surface area contributed by atoms with Gasteiger partial charge in [0, 0.05) is 29.1 Å². The molecule has 0 saturated heterocycles. The molecule has 0 aliphatic heterocycles. The Kier molecular flexibility index (Phi) is 4.29. The van der Waals surface area contributed by atoms with Crippen LogP contribution in [0.25, 0.3) is 0 Å². The molecule has 0 bridgehead atoms. The molecule has 0 saturated carbocycles. The first-order valence-electron chi connectivity index (χ1n) is 5.53. The molecule has 1 atom stereocenters. The standard InChI is InChI=1S/C12H14ClN3OS/c1-12(17,10-4-2-3-5-11(10)13)8-14-6-9-7-18-16-15-9/h2-5,7,14,17H,6,8H2,1H3/t12-/m1/s1. The van der Waals surface area contributed by atoms with E-state index in [4.69, 9.17) is 11.6 Å². The first-order chi connectivity index (χ1) is 8.59. The fraction of sp³-hybridized carbons (Fsp3) is 0.333. The predicted octanol–water partition coefficient (Wildman–Crippen LogP) is 2.19. The predicted molar refractivity (Wildman–Crippen MR) is 72.6 cm³/mol. The smallest absolute Gasteiger partial charge is 0.101 e. The third-order valence-corrected chi connectivity index (χ3v) is 3.52. The summed E-state index contributed by atoms with van der Waals surface area (Å²) in [7, 11) is 0. The average Bonchev–Trinajstić information content (AvgIpc) is 2.82. The van der Waals surface area contributed by atoms with Gasteiger partial charge in [0.15, 0.2) is 0 Å². The SMILES string of the molecule is C[C@@](O)(CNCc1csnn1)c1ccccc1Cl. The minimum atomic E-state index is -1.01. The van der Waals surface area contributed by atoms with E-state index in [1.54, 1.807) is 13.0 Å². The lowest BCUT2D eigenvalue weighted by molar-refractivity contribution is 0.0567. The van der Waals surface area contributed by atoms with Gasteiger partial charge in [0.2, 0.25) is 0 Å². The second-order valence-corrected chi connectivity index (χ2v) is 5.27. The number of rotatable bonds is 5. The van der Waals surface area contributed by atoms with Gasteiger partial charge in [0.25, 0.3) is 0 Å². The zero-order valence-corrected chi connectivity index (χ0v) is 11.5. The third kappa shape index (κ3) is 3.26. The molecule has 0 aliphatic carbocycles. The van der Waals surface area contributed by atoms with E-state index in [9.17, 15) is 5.11 Å². The second kappa shape index (κ2) is 5.75. The van der Waals surface area contributed by atoms with Crippen LogP contribution in [-0.4, -0.2) is 21.2 Å². The molecule has 1 heterocycles. The molecule has 1 aromatic carbocycles. The van der Waals surface area contributed by atoms with Gasteiger partial charge < -0.3 is 10.4 Å². The molecule has 96 valence electrons. The molecular weight excluding hydrogens is 270 g/mol.